The fourth-order valence-electron chi connectivity index (χ4n) is 2.50. The molecule has 0 unspecified atom stereocenters. The average molecular weight is 349 g/mol. The fraction of sp³-hybridized carbons (Fsp3) is 0.333. The van der Waals surface area contributed by atoms with Gasteiger partial charge in [-0.3, -0.25) is 0 Å². The summed E-state index contributed by atoms with van der Waals surface area (Å²) in [5.41, 5.74) is 2.45. The second-order valence-corrected chi connectivity index (χ2v) is 7.35. The van der Waals surface area contributed by atoms with Crippen molar-refractivity contribution in [3.8, 4) is 11.5 Å². The van der Waals surface area contributed by atoms with Crippen molar-refractivity contribution in [1.82, 2.24) is 4.72 Å². The van der Waals surface area contributed by atoms with Crippen LogP contribution in [-0.2, 0) is 10.0 Å². The molecule has 5 nitrogen and oxygen atoms in total. The van der Waals surface area contributed by atoms with Gasteiger partial charge in [0.05, 0.1) is 12.0 Å². The van der Waals surface area contributed by atoms with Gasteiger partial charge in [0.25, 0.3) is 0 Å². The normalized spacial score (nSPS) is 11.3. The number of methoxy groups -OCH3 is 1. The summed E-state index contributed by atoms with van der Waals surface area (Å²) in [6.07, 6.45) is 0. The van der Waals surface area contributed by atoms with Crippen LogP contribution in [0.15, 0.2) is 41.3 Å². The third-order valence-electron chi connectivity index (χ3n) is 3.62. The van der Waals surface area contributed by atoms with E-state index in [1.165, 1.54) is 0 Å². The summed E-state index contributed by atoms with van der Waals surface area (Å²) in [7, 11) is -2.03. The number of aryl methyl sites for hydroxylation is 3. The Morgan fingerprint density at radius 2 is 1.54 bits per heavy atom. The third kappa shape index (κ3) is 4.49. The molecule has 2 rings (SSSR count). The summed E-state index contributed by atoms with van der Waals surface area (Å²) in [6.45, 7) is 5.97. The van der Waals surface area contributed by atoms with E-state index < -0.39 is 10.0 Å². The van der Waals surface area contributed by atoms with Gasteiger partial charge in [-0.1, -0.05) is 17.7 Å². The summed E-state index contributed by atoms with van der Waals surface area (Å²) in [5.74, 6) is 1.36. The van der Waals surface area contributed by atoms with Gasteiger partial charge < -0.3 is 9.47 Å². The number of hydrogen-bond donors (Lipinski definition) is 1. The first-order chi connectivity index (χ1) is 11.3. The van der Waals surface area contributed by atoms with Crippen molar-refractivity contribution in [2.45, 2.75) is 25.7 Å². The molecule has 0 fully saturated rings. The molecule has 0 amide bonds. The topological polar surface area (TPSA) is 64.6 Å². The van der Waals surface area contributed by atoms with Crippen LogP contribution in [-0.4, -0.2) is 28.7 Å². The fourth-order valence-corrected chi connectivity index (χ4v) is 3.97. The van der Waals surface area contributed by atoms with Crippen molar-refractivity contribution >= 4 is 10.0 Å². The van der Waals surface area contributed by atoms with Crippen LogP contribution in [0.3, 0.4) is 0 Å². The molecule has 0 bridgehead atoms. The van der Waals surface area contributed by atoms with E-state index in [0.717, 1.165) is 11.3 Å². The zero-order valence-corrected chi connectivity index (χ0v) is 15.2. The van der Waals surface area contributed by atoms with Crippen molar-refractivity contribution in [2.24, 2.45) is 0 Å². The van der Waals surface area contributed by atoms with E-state index in [-0.39, 0.29) is 13.2 Å². The molecule has 0 saturated carbocycles. The number of nitrogens with one attached hydrogen (secondary N) is 1. The summed E-state index contributed by atoms with van der Waals surface area (Å²) in [4.78, 5) is 0.290. The number of sulfonamides is 1. The Hall–Kier alpha value is -2.05. The predicted octanol–water partition coefficient (Wildman–Crippen LogP) is 2.98. The first-order valence-electron chi connectivity index (χ1n) is 7.68. The average Bonchev–Trinajstić information content (AvgIpc) is 2.52. The molecule has 0 aliphatic rings. The van der Waals surface area contributed by atoms with Crippen molar-refractivity contribution in [1.29, 1.82) is 0 Å². The highest BCUT2D eigenvalue weighted by atomic mass is 32.2. The van der Waals surface area contributed by atoms with Gasteiger partial charge in [-0.15, -0.1) is 0 Å². The molecule has 130 valence electrons. The maximum Gasteiger partial charge on any atom is 0.241 e. The molecule has 24 heavy (non-hydrogen) atoms. The zero-order valence-electron chi connectivity index (χ0n) is 14.4. The smallest absolute Gasteiger partial charge is 0.241 e. The van der Waals surface area contributed by atoms with Crippen LogP contribution in [0.5, 0.6) is 11.5 Å². The monoisotopic (exact) mass is 349 g/mol. The maximum atomic E-state index is 12.5. The molecule has 0 heterocycles. The lowest BCUT2D eigenvalue weighted by Crippen LogP contribution is -2.29. The van der Waals surface area contributed by atoms with E-state index in [1.807, 2.05) is 31.2 Å². The highest BCUT2D eigenvalue weighted by molar-refractivity contribution is 7.89. The van der Waals surface area contributed by atoms with Crippen LogP contribution in [0.4, 0.5) is 0 Å². The molecule has 0 aliphatic carbocycles. The Morgan fingerprint density at radius 3 is 2.08 bits per heavy atom. The van der Waals surface area contributed by atoms with Gasteiger partial charge in [0.2, 0.25) is 10.0 Å². The first-order valence-corrected chi connectivity index (χ1v) is 9.16. The van der Waals surface area contributed by atoms with Crippen molar-refractivity contribution in [2.75, 3.05) is 20.3 Å². The van der Waals surface area contributed by atoms with Crippen LogP contribution in [0.1, 0.15) is 16.7 Å². The third-order valence-corrected chi connectivity index (χ3v) is 5.39. The Labute approximate surface area is 143 Å². The van der Waals surface area contributed by atoms with E-state index in [9.17, 15) is 8.42 Å². The minimum atomic E-state index is -3.59. The summed E-state index contributed by atoms with van der Waals surface area (Å²) < 4.78 is 38.3. The molecule has 0 aromatic heterocycles. The number of benzene rings is 2. The van der Waals surface area contributed by atoms with Gasteiger partial charge in [-0.2, -0.15) is 0 Å². The lowest BCUT2D eigenvalue weighted by Gasteiger charge is -2.14. The quantitative estimate of drug-likeness (QED) is 0.781. The summed E-state index contributed by atoms with van der Waals surface area (Å²) in [6, 6.07) is 11.0. The molecular formula is C18H23NO4S. The van der Waals surface area contributed by atoms with Crippen LogP contribution >= 0.6 is 0 Å². The van der Waals surface area contributed by atoms with Crippen LogP contribution in [0, 0.1) is 20.8 Å². The highest BCUT2D eigenvalue weighted by Crippen LogP contribution is 2.25. The van der Waals surface area contributed by atoms with Crippen LogP contribution < -0.4 is 14.2 Å². The molecule has 1 N–H and O–H groups in total. The molecular weight excluding hydrogens is 326 g/mol. The molecule has 0 spiro atoms. The highest BCUT2D eigenvalue weighted by Gasteiger charge is 2.20. The number of ether oxygens (including phenoxy) is 2. The van der Waals surface area contributed by atoms with Gasteiger partial charge in [-0.05, 0) is 56.2 Å². The van der Waals surface area contributed by atoms with E-state index >= 15 is 0 Å². The number of hydrogen-bond acceptors (Lipinski definition) is 4. The lowest BCUT2D eigenvalue weighted by atomic mass is 10.1. The Balaban J connectivity index is 2.00. The van der Waals surface area contributed by atoms with Crippen LogP contribution in [0.2, 0.25) is 0 Å². The lowest BCUT2D eigenvalue weighted by molar-refractivity contribution is 0.322. The molecule has 0 radical (unpaired) electrons. The SMILES string of the molecule is COc1cc(C)c(S(=O)(=O)NCCOc2ccc(C)cc2)c(C)c1. The second-order valence-electron chi connectivity index (χ2n) is 5.65. The van der Waals surface area contributed by atoms with Gasteiger partial charge in [-0.25, -0.2) is 13.1 Å². The van der Waals surface area contributed by atoms with E-state index in [4.69, 9.17) is 9.47 Å². The Kier molecular flexibility index (Phi) is 5.85. The van der Waals surface area contributed by atoms with Crippen LogP contribution in [0.25, 0.3) is 0 Å². The van der Waals surface area contributed by atoms with Crippen molar-refractivity contribution in [3.05, 3.63) is 53.1 Å². The maximum absolute atomic E-state index is 12.5. The summed E-state index contributed by atoms with van der Waals surface area (Å²) >= 11 is 0. The predicted molar refractivity (Wildman–Crippen MR) is 94.3 cm³/mol. The van der Waals surface area contributed by atoms with Crippen molar-refractivity contribution in [3.63, 3.8) is 0 Å². The van der Waals surface area contributed by atoms with Gasteiger partial charge in [0.1, 0.15) is 18.1 Å². The minimum absolute atomic E-state index is 0.196. The van der Waals surface area contributed by atoms with E-state index in [1.54, 1.807) is 33.1 Å². The first kappa shape index (κ1) is 18.3. The molecule has 2 aromatic rings. The Morgan fingerprint density at radius 1 is 0.958 bits per heavy atom. The molecule has 0 atom stereocenters. The van der Waals surface area contributed by atoms with Gasteiger partial charge >= 0.3 is 0 Å². The summed E-state index contributed by atoms with van der Waals surface area (Å²) in [5, 5.41) is 0. The van der Waals surface area contributed by atoms with E-state index in [0.29, 0.717) is 21.8 Å². The molecule has 0 saturated heterocycles. The molecule has 6 heteroatoms. The second kappa shape index (κ2) is 7.68. The standard InChI is InChI=1S/C18H23NO4S/c1-13-5-7-16(8-6-13)23-10-9-19-24(20,21)18-14(2)11-17(22-4)12-15(18)3/h5-8,11-12,19H,9-10H2,1-4H3. The molecule has 0 aliphatic heterocycles. The Bertz CT molecular complexity index is 775. The molecule has 2 aromatic carbocycles. The van der Waals surface area contributed by atoms with Gasteiger partial charge in [0, 0.05) is 6.54 Å². The largest absolute Gasteiger partial charge is 0.497 e. The van der Waals surface area contributed by atoms with E-state index in [2.05, 4.69) is 4.72 Å². The number of rotatable bonds is 7. The van der Waals surface area contributed by atoms with Crippen molar-refractivity contribution < 1.29 is 17.9 Å². The zero-order chi connectivity index (χ0) is 17.7. The minimum Gasteiger partial charge on any atom is -0.497 e. The van der Waals surface area contributed by atoms with Gasteiger partial charge in [0.15, 0.2) is 0 Å².